The summed E-state index contributed by atoms with van der Waals surface area (Å²) in [7, 11) is 1.61. The van der Waals surface area contributed by atoms with Crippen molar-refractivity contribution in [3.05, 3.63) is 0 Å². The standard InChI is InChI=1S/C8H13F3N2O.C2H6/c1-13-3-2-5(8(9,10)11)4-6(13)7(12)14;1-2/h5-6H,2-4H2,1H3,(H2,12,14);1-2H3/t5-,6+;/m1./s1. The number of carbonyl (C=O) groups is 1. The van der Waals surface area contributed by atoms with Gasteiger partial charge in [-0.25, -0.2) is 0 Å². The van der Waals surface area contributed by atoms with Crippen LogP contribution in [0.15, 0.2) is 0 Å². The summed E-state index contributed by atoms with van der Waals surface area (Å²) in [6.07, 6.45) is -4.38. The van der Waals surface area contributed by atoms with Crippen molar-refractivity contribution in [3.8, 4) is 0 Å². The molecule has 0 aromatic carbocycles. The van der Waals surface area contributed by atoms with Crippen LogP contribution in [0.3, 0.4) is 0 Å². The van der Waals surface area contributed by atoms with Crippen LogP contribution < -0.4 is 5.73 Å². The van der Waals surface area contributed by atoms with E-state index >= 15 is 0 Å². The predicted octanol–water partition coefficient (Wildman–Crippen LogP) is 1.77. The number of likely N-dealkylation sites (tertiary alicyclic amines) is 1. The van der Waals surface area contributed by atoms with Crippen LogP contribution in [0.4, 0.5) is 13.2 Å². The predicted molar refractivity (Wildman–Crippen MR) is 55.7 cm³/mol. The van der Waals surface area contributed by atoms with Gasteiger partial charge in [-0.2, -0.15) is 13.2 Å². The molecule has 0 bridgehead atoms. The van der Waals surface area contributed by atoms with E-state index in [1.165, 1.54) is 0 Å². The number of rotatable bonds is 1. The highest BCUT2D eigenvalue weighted by Gasteiger charge is 2.44. The van der Waals surface area contributed by atoms with Crippen LogP contribution in [0.25, 0.3) is 0 Å². The molecule has 96 valence electrons. The molecule has 1 rings (SSSR count). The second-order valence-electron chi connectivity index (χ2n) is 3.66. The number of hydrogen-bond donors (Lipinski definition) is 1. The Balaban J connectivity index is 0.00000106. The maximum absolute atomic E-state index is 12.3. The van der Waals surface area contributed by atoms with Crippen LogP contribution in [-0.2, 0) is 4.79 Å². The fourth-order valence-corrected chi connectivity index (χ4v) is 1.71. The van der Waals surface area contributed by atoms with Crippen molar-refractivity contribution < 1.29 is 18.0 Å². The molecule has 0 aliphatic carbocycles. The summed E-state index contributed by atoms with van der Waals surface area (Å²) in [6.45, 7) is 4.26. The number of carbonyl (C=O) groups excluding carboxylic acids is 1. The van der Waals surface area contributed by atoms with Crippen LogP contribution in [0.2, 0.25) is 0 Å². The maximum Gasteiger partial charge on any atom is 0.391 e. The number of alkyl halides is 3. The van der Waals surface area contributed by atoms with Gasteiger partial charge < -0.3 is 5.73 Å². The van der Waals surface area contributed by atoms with E-state index in [4.69, 9.17) is 5.73 Å². The van der Waals surface area contributed by atoms with Crippen molar-refractivity contribution in [2.45, 2.75) is 38.9 Å². The number of likely N-dealkylation sites (N-methyl/N-ethyl adjacent to an activating group) is 1. The molecule has 0 aromatic heterocycles. The number of primary amides is 1. The largest absolute Gasteiger partial charge is 0.391 e. The van der Waals surface area contributed by atoms with Gasteiger partial charge in [-0.3, -0.25) is 9.69 Å². The first-order valence-corrected chi connectivity index (χ1v) is 5.38. The molecule has 1 saturated heterocycles. The van der Waals surface area contributed by atoms with Crippen molar-refractivity contribution in [1.29, 1.82) is 0 Å². The molecule has 6 heteroatoms. The van der Waals surface area contributed by atoms with Crippen molar-refractivity contribution in [2.24, 2.45) is 11.7 Å². The van der Waals surface area contributed by atoms with Gasteiger partial charge in [-0.15, -0.1) is 0 Å². The third-order valence-corrected chi connectivity index (χ3v) is 2.66. The second-order valence-corrected chi connectivity index (χ2v) is 3.66. The van der Waals surface area contributed by atoms with E-state index in [1.807, 2.05) is 13.8 Å². The molecule has 3 nitrogen and oxygen atoms in total. The van der Waals surface area contributed by atoms with E-state index in [9.17, 15) is 18.0 Å². The molecule has 2 N–H and O–H groups in total. The summed E-state index contributed by atoms with van der Waals surface area (Å²) in [4.78, 5) is 12.4. The summed E-state index contributed by atoms with van der Waals surface area (Å²) in [5.74, 6) is -2.07. The maximum atomic E-state index is 12.3. The lowest BCUT2D eigenvalue weighted by atomic mass is 9.90. The molecule has 0 radical (unpaired) electrons. The summed E-state index contributed by atoms with van der Waals surface area (Å²) in [6, 6.07) is -0.782. The van der Waals surface area contributed by atoms with Crippen LogP contribution >= 0.6 is 0 Å². The first kappa shape index (κ1) is 15.2. The normalized spacial score (nSPS) is 26.9. The molecular weight excluding hydrogens is 221 g/mol. The fraction of sp³-hybridized carbons (Fsp3) is 0.900. The van der Waals surface area contributed by atoms with Gasteiger partial charge in [0.05, 0.1) is 12.0 Å². The third-order valence-electron chi connectivity index (χ3n) is 2.66. The topological polar surface area (TPSA) is 46.3 Å². The highest BCUT2D eigenvalue weighted by atomic mass is 19.4. The van der Waals surface area contributed by atoms with Crippen LogP contribution in [0.5, 0.6) is 0 Å². The first-order valence-electron chi connectivity index (χ1n) is 5.38. The fourth-order valence-electron chi connectivity index (χ4n) is 1.71. The molecule has 1 fully saturated rings. The average molecular weight is 240 g/mol. The van der Waals surface area contributed by atoms with E-state index in [1.54, 1.807) is 11.9 Å². The van der Waals surface area contributed by atoms with E-state index in [0.29, 0.717) is 0 Å². The zero-order valence-electron chi connectivity index (χ0n) is 9.84. The van der Waals surface area contributed by atoms with E-state index in [0.717, 1.165) is 0 Å². The number of hydrogen-bond acceptors (Lipinski definition) is 2. The van der Waals surface area contributed by atoms with Gasteiger partial charge in [-0.1, -0.05) is 13.8 Å². The molecule has 0 unspecified atom stereocenters. The average Bonchev–Trinajstić information content (AvgIpc) is 2.19. The molecule has 1 heterocycles. The van der Waals surface area contributed by atoms with Crippen molar-refractivity contribution in [2.75, 3.05) is 13.6 Å². The third kappa shape index (κ3) is 4.00. The van der Waals surface area contributed by atoms with Gasteiger partial charge in [0.1, 0.15) is 0 Å². The zero-order chi connectivity index (χ0) is 12.9. The Morgan fingerprint density at radius 1 is 1.38 bits per heavy atom. The molecule has 1 aliphatic heterocycles. The number of piperidine rings is 1. The van der Waals surface area contributed by atoms with Gasteiger partial charge in [0.15, 0.2) is 0 Å². The summed E-state index contributed by atoms with van der Waals surface area (Å²) < 4.78 is 37.0. The van der Waals surface area contributed by atoms with Gasteiger partial charge in [0, 0.05) is 0 Å². The second kappa shape index (κ2) is 6.08. The smallest absolute Gasteiger partial charge is 0.368 e. The van der Waals surface area contributed by atoms with Gasteiger partial charge in [-0.05, 0) is 26.4 Å². The highest BCUT2D eigenvalue weighted by molar-refractivity contribution is 5.79. The highest BCUT2D eigenvalue weighted by Crippen LogP contribution is 2.35. The lowest BCUT2D eigenvalue weighted by Crippen LogP contribution is -2.50. The molecule has 1 aliphatic rings. The Hall–Kier alpha value is -0.780. The number of halogens is 3. The molecule has 16 heavy (non-hydrogen) atoms. The van der Waals surface area contributed by atoms with Crippen molar-refractivity contribution >= 4 is 5.91 Å². The van der Waals surface area contributed by atoms with Crippen LogP contribution in [-0.4, -0.2) is 36.6 Å². The Bertz CT molecular complexity index is 231. The van der Waals surface area contributed by atoms with Crippen molar-refractivity contribution in [3.63, 3.8) is 0 Å². The Morgan fingerprint density at radius 3 is 2.25 bits per heavy atom. The molecule has 2 atom stereocenters. The minimum Gasteiger partial charge on any atom is -0.368 e. The summed E-state index contributed by atoms with van der Waals surface area (Å²) >= 11 is 0. The van der Waals surface area contributed by atoms with Crippen LogP contribution in [0.1, 0.15) is 26.7 Å². The Labute approximate surface area is 93.8 Å². The number of nitrogens with two attached hydrogens (primary N) is 1. The number of amides is 1. The lowest BCUT2D eigenvalue weighted by molar-refractivity contribution is -0.189. The lowest BCUT2D eigenvalue weighted by Gasteiger charge is -2.35. The van der Waals surface area contributed by atoms with Crippen molar-refractivity contribution in [1.82, 2.24) is 4.90 Å². The Morgan fingerprint density at radius 2 is 1.88 bits per heavy atom. The van der Waals surface area contributed by atoms with E-state index in [2.05, 4.69) is 0 Å². The first-order chi connectivity index (χ1) is 7.32. The zero-order valence-corrected chi connectivity index (χ0v) is 9.84. The molecule has 0 aromatic rings. The van der Waals surface area contributed by atoms with Gasteiger partial charge in [0.25, 0.3) is 0 Å². The summed E-state index contributed by atoms with van der Waals surface area (Å²) in [5.41, 5.74) is 5.02. The quantitative estimate of drug-likeness (QED) is 0.759. The molecular formula is C10H19F3N2O. The molecule has 0 spiro atoms. The molecule has 0 saturated carbocycles. The van der Waals surface area contributed by atoms with Gasteiger partial charge >= 0.3 is 6.18 Å². The monoisotopic (exact) mass is 240 g/mol. The minimum absolute atomic E-state index is 0.0454. The number of nitrogens with zero attached hydrogens (tertiary/aromatic N) is 1. The van der Waals surface area contributed by atoms with E-state index < -0.39 is 24.0 Å². The van der Waals surface area contributed by atoms with Crippen LogP contribution in [0, 0.1) is 5.92 Å². The van der Waals surface area contributed by atoms with Gasteiger partial charge in [0.2, 0.25) is 5.91 Å². The van der Waals surface area contributed by atoms with E-state index in [-0.39, 0.29) is 19.4 Å². The SMILES string of the molecule is CC.CN1CC[C@@H](C(F)(F)F)C[C@H]1C(N)=O. The Kier molecular flexibility index (Phi) is 5.78. The minimum atomic E-state index is -4.21. The summed E-state index contributed by atoms with van der Waals surface area (Å²) in [5, 5.41) is 0. The molecule has 1 amide bonds.